The molecule has 1 fully saturated rings. The predicted octanol–water partition coefficient (Wildman–Crippen LogP) is 0.561. The molecule has 1 aliphatic rings. The van der Waals surface area contributed by atoms with E-state index in [1.54, 1.807) is 0 Å². The lowest BCUT2D eigenvalue weighted by Crippen LogP contribution is -2.37. The van der Waals surface area contributed by atoms with Gasteiger partial charge in [-0.2, -0.15) is 11.8 Å². The highest BCUT2D eigenvalue weighted by molar-refractivity contribution is 7.99. The van der Waals surface area contributed by atoms with Crippen LogP contribution in [0.25, 0.3) is 0 Å². The SMILES string of the molecule is COC(=O)C(=O)NCC1CCCCS1. The first kappa shape index (κ1) is 11.4. The third kappa shape index (κ3) is 3.57. The molecule has 0 spiro atoms. The van der Waals surface area contributed by atoms with Crippen molar-refractivity contribution in [3.05, 3.63) is 0 Å². The summed E-state index contributed by atoms with van der Waals surface area (Å²) in [7, 11) is 1.21. The van der Waals surface area contributed by atoms with Crippen LogP contribution in [0.1, 0.15) is 19.3 Å². The second-order valence-electron chi connectivity index (χ2n) is 3.19. The van der Waals surface area contributed by atoms with Crippen molar-refractivity contribution in [2.75, 3.05) is 19.4 Å². The maximum Gasteiger partial charge on any atom is 0.396 e. The molecule has 0 aromatic carbocycles. The molecule has 1 rings (SSSR count). The monoisotopic (exact) mass is 217 g/mol. The van der Waals surface area contributed by atoms with E-state index >= 15 is 0 Å². The Morgan fingerprint density at radius 3 is 2.86 bits per heavy atom. The van der Waals surface area contributed by atoms with Gasteiger partial charge in [0.1, 0.15) is 0 Å². The summed E-state index contributed by atoms with van der Waals surface area (Å²) in [4.78, 5) is 21.8. The van der Waals surface area contributed by atoms with Crippen molar-refractivity contribution in [3.63, 3.8) is 0 Å². The number of carbonyl (C=O) groups excluding carboxylic acids is 2. The summed E-state index contributed by atoms with van der Waals surface area (Å²) in [6.07, 6.45) is 3.59. The quantitative estimate of drug-likeness (QED) is 0.542. The van der Waals surface area contributed by atoms with Crippen molar-refractivity contribution in [2.24, 2.45) is 0 Å². The van der Waals surface area contributed by atoms with Crippen LogP contribution in [0.4, 0.5) is 0 Å². The van der Waals surface area contributed by atoms with Crippen LogP contribution in [0.3, 0.4) is 0 Å². The predicted molar refractivity (Wildman–Crippen MR) is 55.1 cm³/mol. The standard InChI is InChI=1S/C9H15NO3S/c1-13-9(12)8(11)10-6-7-4-2-3-5-14-7/h7H,2-6H2,1H3,(H,10,11). The van der Waals surface area contributed by atoms with Gasteiger partial charge < -0.3 is 10.1 Å². The van der Waals surface area contributed by atoms with Crippen LogP contribution in [-0.2, 0) is 14.3 Å². The minimum Gasteiger partial charge on any atom is -0.462 e. The topological polar surface area (TPSA) is 55.4 Å². The number of ether oxygens (including phenoxy) is 1. The molecule has 0 saturated carbocycles. The molecule has 0 radical (unpaired) electrons. The molecule has 0 aliphatic carbocycles. The zero-order valence-corrected chi connectivity index (χ0v) is 9.06. The maximum absolute atomic E-state index is 11.0. The lowest BCUT2D eigenvalue weighted by Gasteiger charge is -2.20. The van der Waals surface area contributed by atoms with Gasteiger partial charge in [-0.15, -0.1) is 0 Å². The van der Waals surface area contributed by atoms with Crippen LogP contribution >= 0.6 is 11.8 Å². The third-order valence-electron chi connectivity index (χ3n) is 2.14. The molecule has 14 heavy (non-hydrogen) atoms. The van der Waals surface area contributed by atoms with Crippen LogP contribution in [0.2, 0.25) is 0 Å². The van der Waals surface area contributed by atoms with E-state index in [0.29, 0.717) is 11.8 Å². The van der Waals surface area contributed by atoms with Gasteiger partial charge in [0.25, 0.3) is 0 Å². The molecule has 1 atom stereocenters. The number of hydrogen-bond acceptors (Lipinski definition) is 4. The van der Waals surface area contributed by atoms with Gasteiger partial charge in [-0.3, -0.25) is 4.79 Å². The molecule has 1 aliphatic heterocycles. The molecule has 1 unspecified atom stereocenters. The van der Waals surface area contributed by atoms with Gasteiger partial charge in [0.05, 0.1) is 7.11 Å². The van der Waals surface area contributed by atoms with E-state index in [-0.39, 0.29) is 0 Å². The summed E-state index contributed by atoms with van der Waals surface area (Å²) in [6, 6.07) is 0. The highest BCUT2D eigenvalue weighted by Crippen LogP contribution is 2.24. The second kappa shape index (κ2) is 5.90. The van der Waals surface area contributed by atoms with Gasteiger partial charge in [0.2, 0.25) is 0 Å². The van der Waals surface area contributed by atoms with Crippen LogP contribution in [-0.4, -0.2) is 36.5 Å². The fourth-order valence-corrected chi connectivity index (χ4v) is 2.58. The molecule has 1 saturated heterocycles. The van der Waals surface area contributed by atoms with Crippen molar-refractivity contribution >= 4 is 23.6 Å². The first-order valence-corrected chi connectivity index (χ1v) is 5.76. The van der Waals surface area contributed by atoms with Gasteiger partial charge in [0.15, 0.2) is 0 Å². The summed E-state index contributed by atoms with van der Waals surface area (Å²) in [5.41, 5.74) is 0. The number of carbonyl (C=O) groups is 2. The van der Waals surface area contributed by atoms with E-state index in [1.807, 2.05) is 11.8 Å². The van der Waals surface area contributed by atoms with Gasteiger partial charge in [-0.05, 0) is 18.6 Å². The molecule has 1 N–H and O–H groups in total. The summed E-state index contributed by atoms with van der Waals surface area (Å²) in [5.74, 6) is -0.303. The fourth-order valence-electron chi connectivity index (χ4n) is 1.34. The lowest BCUT2D eigenvalue weighted by molar-refractivity contribution is -0.152. The summed E-state index contributed by atoms with van der Waals surface area (Å²) < 4.78 is 4.29. The summed E-state index contributed by atoms with van der Waals surface area (Å²) in [6.45, 7) is 0.568. The molecule has 0 aromatic heterocycles. The molecular weight excluding hydrogens is 202 g/mol. The van der Waals surface area contributed by atoms with E-state index in [2.05, 4.69) is 10.1 Å². The van der Waals surface area contributed by atoms with E-state index < -0.39 is 11.9 Å². The minimum absolute atomic E-state index is 0.456. The highest BCUT2D eigenvalue weighted by Gasteiger charge is 2.18. The molecule has 1 heterocycles. The summed E-state index contributed by atoms with van der Waals surface area (Å²) >= 11 is 1.86. The Labute approximate surface area is 87.8 Å². The first-order valence-electron chi connectivity index (χ1n) is 4.72. The van der Waals surface area contributed by atoms with Crippen molar-refractivity contribution in [3.8, 4) is 0 Å². The Balaban J connectivity index is 2.18. The average molecular weight is 217 g/mol. The van der Waals surface area contributed by atoms with Gasteiger partial charge in [0, 0.05) is 11.8 Å². The third-order valence-corrected chi connectivity index (χ3v) is 3.53. The van der Waals surface area contributed by atoms with Gasteiger partial charge >= 0.3 is 11.9 Å². The molecular formula is C9H15NO3S. The minimum atomic E-state index is -0.814. The number of hydrogen-bond donors (Lipinski definition) is 1. The largest absolute Gasteiger partial charge is 0.462 e. The van der Waals surface area contributed by atoms with Crippen molar-refractivity contribution < 1.29 is 14.3 Å². The molecule has 0 bridgehead atoms. The van der Waals surface area contributed by atoms with E-state index in [9.17, 15) is 9.59 Å². The molecule has 1 amide bonds. The van der Waals surface area contributed by atoms with Gasteiger partial charge in [-0.25, -0.2) is 4.79 Å². The number of nitrogens with one attached hydrogen (secondary N) is 1. The van der Waals surface area contributed by atoms with Gasteiger partial charge in [-0.1, -0.05) is 6.42 Å². The molecule has 4 nitrogen and oxygen atoms in total. The zero-order valence-electron chi connectivity index (χ0n) is 8.25. The molecule has 80 valence electrons. The second-order valence-corrected chi connectivity index (χ2v) is 4.60. The van der Waals surface area contributed by atoms with Crippen molar-refractivity contribution in [2.45, 2.75) is 24.5 Å². The number of amides is 1. The lowest BCUT2D eigenvalue weighted by atomic mass is 10.2. The Kier molecular flexibility index (Phi) is 4.79. The Morgan fingerprint density at radius 2 is 2.29 bits per heavy atom. The number of esters is 1. The van der Waals surface area contributed by atoms with E-state index in [4.69, 9.17) is 0 Å². The van der Waals surface area contributed by atoms with E-state index in [0.717, 1.165) is 12.2 Å². The Morgan fingerprint density at radius 1 is 1.50 bits per heavy atom. The fraction of sp³-hybridized carbons (Fsp3) is 0.778. The molecule has 5 heteroatoms. The number of methoxy groups -OCH3 is 1. The number of rotatable bonds is 2. The smallest absolute Gasteiger partial charge is 0.396 e. The average Bonchev–Trinajstić information content (AvgIpc) is 2.26. The summed E-state index contributed by atoms with van der Waals surface area (Å²) in [5, 5.41) is 3.02. The molecule has 0 aromatic rings. The van der Waals surface area contributed by atoms with Crippen LogP contribution in [0.5, 0.6) is 0 Å². The van der Waals surface area contributed by atoms with Crippen molar-refractivity contribution in [1.29, 1.82) is 0 Å². The van der Waals surface area contributed by atoms with Crippen LogP contribution in [0, 0.1) is 0 Å². The highest BCUT2D eigenvalue weighted by atomic mass is 32.2. The van der Waals surface area contributed by atoms with Crippen molar-refractivity contribution in [1.82, 2.24) is 5.32 Å². The normalized spacial score (nSPS) is 21.4. The number of thioether (sulfide) groups is 1. The maximum atomic E-state index is 11.0. The Hall–Kier alpha value is -0.710. The van der Waals surface area contributed by atoms with Crippen LogP contribution < -0.4 is 5.32 Å². The first-order chi connectivity index (χ1) is 6.74. The zero-order chi connectivity index (χ0) is 10.4. The Bertz CT molecular complexity index is 214. The van der Waals surface area contributed by atoms with Crippen LogP contribution in [0.15, 0.2) is 0 Å². The van der Waals surface area contributed by atoms with E-state index in [1.165, 1.54) is 20.0 Å².